The van der Waals surface area contributed by atoms with Gasteiger partial charge in [0.1, 0.15) is 0 Å². The van der Waals surface area contributed by atoms with E-state index in [1.807, 2.05) is 18.3 Å². The van der Waals surface area contributed by atoms with E-state index < -0.39 is 0 Å². The second kappa shape index (κ2) is 7.31. The molecule has 0 atom stereocenters. The molecule has 3 rings (SSSR count). The number of nitrogens with zero attached hydrogens (tertiary/aromatic N) is 1. The van der Waals surface area contributed by atoms with Gasteiger partial charge in [0.2, 0.25) is 5.75 Å². The Labute approximate surface area is 151 Å². The van der Waals surface area contributed by atoms with E-state index >= 15 is 0 Å². The molecular weight excluding hydrogens is 332 g/mol. The van der Waals surface area contributed by atoms with Crippen molar-refractivity contribution >= 4 is 22.8 Å². The highest BCUT2D eigenvalue weighted by Crippen LogP contribution is 2.38. The third-order valence-electron chi connectivity index (χ3n) is 4.17. The van der Waals surface area contributed by atoms with Crippen molar-refractivity contribution in [1.82, 2.24) is 9.97 Å². The van der Waals surface area contributed by atoms with Crippen LogP contribution in [0.15, 0.2) is 42.4 Å². The molecule has 0 unspecified atom stereocenters. The fourth-order valence-corrected chi connectivity index (χ4v) is 2.85. The van der Waals surface area contributed by atoms with Gasteiger partial charge in [-0.2, -0.15) is 0 Å². The molecule has 3 aromatic rings. The number of benzene rings is 1. The number of ketones is 1. The Morgan fingerprint density at radius 2 is 1.81 bits per heavy atom. The molecule has 0 saturated carbocycles. The second-order valence-corrected chi connectivity index (χ2v) is 5.74. The van der Waals surface area contributed by atoms with E-state index in [4.69, 9.17) is 14.2 Å². The summed E-state index contributed by atoms with van der Waals surface area (Å²) in [5.41, 5.74) is 2.92. The van der Waals surface area contributed by atoms with Gasteiger partial charge in [-0.25, -0.2) is 0 Å². The highest BCUT2D eigenvalue weighted by atomic mass is 16.5. The summed E-state index contributed by atoms with van der Waals surface area (Å²) >= 11 is 0. The summed E-state index contributed by atoms with van der Waals surface area (Å²) in [7, 11) is 4.57. The first kappa shape index (κ1) is 17.5. The minimum absolute atomic E-state index is 0.118. The molecule has 1 aromatic carbocycles. The quantitative estimate of drug-likeness (QED) is 0.538. The molecule has 0 saturated heterocycles. The minimum atomic E-state index is -0.118. The highest BCUT2D eigenvalue weighted by Gasteiger charge is 2.18. The molecule has 134 valence electrons. The van der Waals surface area contributed by atoms with Crippen LogP contribution in [-0.4, -0.2) is 37.1 Å². The lowest BCUT2D eigenvalue weighted by atomic mass is 10.0. The van der Waals surface area contributed by atoms with Crippen molar-refractivity contribution in [2.45, 2.75) is 6.92 Å². The van der Waals surface area contributed by atoms with Crippen LogP contribution in [0, 0.1) is 0 Å². The van der Waals surface area contributed by atoms with Gasteiger partial charge in [-0.05, 0) is 36.8 Å². The van der Waals surface area contributed by atoms with Crippen LogP contribution >= 0.6 is 0 Å². The Kier molecular flexibility index (Phi) is 4.93. The third kappa shape index (κ3) is 3.13. The molecule has 0 amide bonds. The number of methoxy groups -OCH3 is 3. The number of allylic oxidation sites excluding steroid dienone is 1. The van der Waals surface area contributed by atoms with Crippen molar-refractivity contribution in [2.75, 3.05) is 21.3 Å². The lowest BCUT2D eigenvalue weighted by Crippen LogP contribution is -2.03. The second-order valence-electron chi connectivity index (χ2n) is 5.74. The van der Waals surface area contributed by atoms with Gasteiger partial charge in [-0.3, -0.25) is 9.78 Å². The van der Waals surface area contributed by atoms with Crippen LogP contribution in [0.25, 0.3) is 17.0 Å². The van der Waals surface area contributed by atoms with E-state index in [-0.39, 0.29) is 5.78 Å². The van der Waals surface area contributed by atoms with Crippen molar-refractivity contribution in [3.8, 4) is 17.2 Å². The number of carbonyl (C=O) groups is 1. The maximum absolute atomic E-state index is 12.9. The van der Waals surface area contributed by atoms with Crippen molar-refractivity contribution < 1.29 is 19.0 Å². The summed E-state index contributed by atoms with van der Waals surface area (Å²) in [5, 5.41) is 1.01. The SMILES string of the molecule is COc1cc(C(=O)/C(C)=C/c2c[nH]c3cnccc23)cc(OC)c1OC. The number of fused-ring (bicyclic) bond motifs is 1. The number of pyridine rings is 1. The Morgan fingerprint density at radius 1 is 1.12 bits per heavy atom. The molecule has 0 fully saturated rings. The van der Waals surface area contributed by atoms with Gasteiger partial charge in [0.25, 0.3) is 0 Å². The van der Waals surface area contributed by atoms with E-state index in [0.29, 0.717) is 28.4 Å². The maximum Gasteiger partial charge on any atom is 0.203 e. The lowest BCUT2D eigenvalue weighted by Gasteiger charge is -2.13. The van der Waals surface area contributed by atoms with Crippen LogP contribution < -0.4 is 14.2 Å². The predicted octanol–water partition coefficient (Wildman–Crippen LogP) is 3.87. The number of rotatable bonds is 6. The zero-order chi connectivity index (χ0) is 18.7. The molecular formula is C20H20N2O4. The van der Waals surface area contributed by atoms with Crippen molar-refractivity contribution in [2.24, 2.45) is 0 Å². The van der Waals surface area contributed by atoms with Gasteiger partial charge in [0.05, 0.1) is 33.0 Å². The summed E-state index contributed by atoms with van der Waals surface area (Å²) in [6, 6.07) is 5.22. The molecule has 1 N–H and O–H groups in total. The predicted molar refractivity (Wildman–Crippen MR) is 100 cm³/mol. The molecule has 6 heteroatoms. The van der Waals surface area contributed by atoms with Gasteiger partial charge in [-0.15, -0.1) is 0 Å². The average Bonchev–Trinajstić information content (AvgIpc) is 3.09. The topological polar surface area (TPSA) is 73.4 Å². The number of aromatic amines is 1. The van der Waals surface area contributed by atoms with Crippen LogP contribution in [-0.2, 0) is 0 Å². The molecule has 0 aliphatic heterocycles. The molecule has 2 aromatic heterocycles. The Morgan fingerprint density at radius 3 is 2.42 bits per heavy atom. The number of H-pyrrole nitrogens is 1. The van der Waals surface area contributed by atoms with E-state index in [1.54, 1.807) is 31.5 Å². The number of Topliss-reactive ketones (excluding diaryl/α,β-unsaturated/α-hetero) is 1. The molecule has 26 heavy (non-hydrogen) atoms. The Balaban J connectivity index is 2.00. The van der Waals surface area contributed by atoms with Crippen molar-refractivity contribution in [3.05, 3.63) is 53.5 Å². The minimum Gasteiger partial charge on any atom is -0.493 e. The van der Waals surface area contributed by atoms with Gasteiger partial charge >= 0.3 is 0 Å². The number of hydrogen-bond donors (Lipinski definition) is 1. The normalized spacial score (nSPS) is 11.5. The van der Waals surface area contributed by atoms with Crippen LogP contribution in [0.4, 0.5) is 0 Å². The first-order valence-electron chi connectivity index (χ1n) is 8.03. The summed E-state index contributed by atoms with van der Waals surface area (Å²) in [6.45, 7) is 1.78. The van der Waals surface area contributed by atoms with Crippen LogP contribution in [0.5, 0.6) is 17.2 Å². The number of aromatic nitrogens is 2. The zero-order valence-corrected chi connectivity index (χ0v) is 15.1. The number of carbonyl (C=O) groups excluding carboxylic acids is 1. The Bertz CT molecular complexity index is 963. The van der Waals surface area contributed by atoms with Crippen LogP contribution in [0.1, 0.15) is 22.8 Å². The van der Waals surface area contributed by atoms with E-state index in [0.717, 1.165) is 16.5 Å². The molecule has 0 bridgehead atoms. The first-order chi connectivity index (χ1) is 12.6. The van der Waals surface area contributed by atoms with E-state index in [1.165, 1.54) is 21.3 Å². The molecule has 0 aliphatic rings. The molecule has 0 aliphatic carbocycles. The van der Waals surface area contributed by atoms with Gasteiger partial charge < -0.3 is 19.2 Å². The fourth-order valence-electron chi connectivity index (χ4n) is 2.85. The van der Waals surface area contributed by atoms with E-state index in [2.05, 4.69) is 9.97 Å². The smallest absolute Gasteiger partial charge is 0.203 e. The van der Waals surface area contributed by atoms with Crippen molar-refractivity contribution in [1.29, 1.82) is 0 Å². The summed E-state index contributed by atoms with van der Waals surface area (Å²) in [4.78, 5) is 20.1. The monoisotopic (exact) mass is 352 g/mol. The van der Waals surface area contributed by atoms with Gasteiger partial charge in [0, 0.05) is 28.9 Å². The summed E-state index contributed by atoms with van der Waals surface area (Å²) in [6.07, 6.45) is 7.19. The first-order valence-corrected chi connectivity index (χ1v) is 8.03. The third-order valence-corrected chi connectivity index (χ3v) is 4.17. The standard InChI is InChI=1S/C20H20N2O4/c1-12(7-14-10-22-16-11-21-6-5-15(14)16)19(23)13-8-17(24-2)20(26-4)18(9-13)25-3/h5-11,22H,1-4H3/b12-7+. The average molecular weight is 352 g/mol. The zero-order valence-electron chi connectivity index (χ0n) is 15.1. The highest BCUT2D eigenvalue weighted by molar-refractivity contribution is 6.12. The summed E-state index contributed by atoms with van der Waals surface area (Å²) < 4.78 is 15.9. The maximum atomic E-state index is 12.9. The van der Waals surface area contributed by atoms with Crippen LogP contribution in [0.2, 0.25) is 0 Å². The number of nitrogens with one attached hydrogen (secondary N) is 1. The van der Waals surface area contributed by atoms with Gasteiger partial charge in [0.15, 0.2) is 17.3 Å². The molecule has 0 spiro atoms. The number of ether oxygens (including phenoxy) is 3. The largest absolute Gasteiger partial charge is 0.493 e. The Hall–Kier alpha value is -3.28. The van der Waals surface area contributed by atoms with Crippen LogP contribution in [0.3, 0.4) is 0 Å². The summed E-state index contributed by atoms with van der Waals surface area (Å²) in [5.74, 6) is 1.23. The fraction of sp³-hybridized carbons (Fsp3) is 0.200. The molecule has 0 radical (unpaired) electrons. The lowest BCUT2D eigenvalue weighted by molar-refractivity contribution is 0.103. The molecule has 2 heterocycles. The van der Waals surface area contributed by atoms with Gasteiger partial charge in [-0.1, -0.05) is 0 Å². The molecule has 6 nitrogen and oxygen atoms in total. The van der Waals surface area contributed by atoms with E-state index in [9.17, 15) is 4.79 Å². The van der Waals surface area contributed by atoms with Crippen molar-refractivity contribution in [3.63, 3.8) is 0 Å². The number of hydrogen-bond acceptors (Lipinski definition) is 5.